The van der Waals surface area contributed by atoms with E-state index in [4.69, 9.17) is 5.73 Å². The summed E-state index contributed by atoms with van der Waals surface area (Å²) in [5, 5.41) is 1.13. The molecule has 0 saturated heterocycles. The SMILES string of the molecule is NCCc1cccc2ccn(Cc3ccc(F)c(F)c3)c12. The Balaban J connectivity index is 2.02. The normalized spacial score (nSPS) is 11.2. The fraction of sp³-hybridized carbons (Fsp3) is 0.176. The minimum Gasteiger partial charge on any atom is -0.343 e. The molecule has 0 unspecified atom stereocenters. The van der Waals surface area contributed by atoms with Crippen LogP contribution in [0.5, 0.6) is 0 Å². The Morgan fingerprint density at radius 1 is 1.00 bits per heavy atom. The number of benzene rings is 2. The highest BCUT2D eigenvalue weighted by molar-refractivity contribution is 5.83. The Hall–Kier alpha value is -2.20. The molecule has 0 spiro atoms. The van der Waals surface area contributed by atoms with Crippen LogP contribution in [0.1, 0.15) is 11.1 Å². The molecule has 1 heterocycles. The summed E-state index contributed by atoms with van der Waals surface area (Å²) >= 11 is 0. The number of halogens is 2. The summed E-state index contributed by atoms with van der Waals surface area (Å²) in [6, 6.07) is 12.1. The first-order chi connectivity index (χ1) is 10.2. The van der Waals surface area contributed by atoms with Crippen LogP contribution in [-0.2, 0) is 13.0 Å². The first kappa shape index (κ1) is 13.8. The number of nitrogens with two attached hydrogens (primary N) is 1. The zero-order valence-corrected chi connectivity index (χ0v) is 11.5. The third kappa shape index (κ3) is 2.67. The fourth-order valence-corrected chi connectivity index (χ4v) is 2.66. The van der Waals surface area contributed by atoms with Gasteiger partial charge >= 0.3 is 0 Å². The van der Waals surface area contributed by atoms with E-state index in [2.05, 4.69) is 6.07 Å². The van der Waals surface area contributed by atoms with Gasteiger partial charge in [0.25, 0.3) is 0 Å². The van der Waals surface area contributed by atoms with Crippen LogP contribution in [-0.4, -0.2) is 11.1 Å². The number of nitrogens with zero attached hydrogens (tertiary/aromatic N) is 1. The van der Waals surface area contributed by atoms with Crippen molar-refractivity contribution in [2.45, 2.75) is 13.0 Å². The van der Waals surface area contributed by atoms with E-state index in [9.17, 15) is 8.78 Å². The van der Waals surface area contributed by atoms with Crippen molar-refractivity contribution in [2.75, 3.05) is 6.54 Å². The van der Waals surface area contributed by atoms with Crippen molar-refractivity contribution in [3.8, 4) is 0 Å². The molecule has 108 valence electrons. The molecule has 0 aliphatic rings. The molecular weight excluding hydrogens is 270 g/mol. The van der Waals surface area contributed by atoms with Crippen LogP contribution in [0.4, 0.5) is 8.78 Å². The first-order valence-corrected chi connectivity index (χ1v) is 6.90. The predicted octanol–water partition coefficient (Wildman–Crippen LogP) is 3.47. The molecular formula is C17H16F2N2. The van der Waals surface area contributed by atoms with Crippen LogP contribution < -0.4 is 5.73 Å². The predicted molar refractivity (Wildman–Crippen MR) is 80.2 cm³/mol. The van der Waals surface area contributed by atoms with Gasteiger partial charge in [0.15, 0.2) is 11.6 Å². The van der Waals surface area contributed by atoms with E-state index in [0.717, 1.165) is 29.0 Å². The molecule has 2 aromatic carbocycles. The van der Waals surface area contributed by atoms with E-state index in [1.54, 1.807) is 6.07 Å². The maximum absolute atomic E-state index is 13.3. The number of rotatable bonds is 4. The second-order valence-corrected chi connectivity index (χ2v) is 5.09. The number of hydrogen-bond donors (Lipinski definition) is 1. The van der Waals surface area contributed by atoms with Crippen LogP contribution in [0.25, 0.3) is 10.9 Å². The first-order valence-electron chi connectivity index (χ1n) is 6.90. The Kier molecular flexibility index (Phi) is 3.71. The molecule has 0 radical (unpaired) electrons. The molecule has 0 bridgehead atoms. The molecule has 21 heavy (non-hydrogen) atoms. The molecule has 1 aromatic heterocycles. The van der Waals surface area contributed by atoms with Crippen LogP contribution >= 0.6 is 0 Å². The smallest absolute Gasteiger partial charge is 0.159 e. The third-order valence-electron chi connectivity index (χ3n) is 3.62. The van der Waals surface area contributed by atoms with Gasteiger partial charge in [0, 0.05) is 12.7 Å². The second-order valence-electron chi connectivity index (χ2n) is 5.09. The average Bonchev–Trinajstić information content (AvgIpc) is 2.88. The van der Waals surface area contributed by atoms with Crippen LogP contribution in [0.2, 0.25) is 0 Å². The van der Waals surface area contributed by atoms with Crippen LogP contribution in [0, 0.1) is 11.6 Å². The minimum atomic E-state index is -0.820. The monoisotopic (exact) mass is 286 g/mol. The maximum Gasteiger partial charge on any atom is 0.159 e. The molecule has 0 atom stereocenters. The molecule has 3 aromatic rings. The summed E-state index contributed by atoms with van der Waals surface area (Å²) in [6.07, 6.45) is 2.76. The van der Waals surface area contributed by atoms with Gasteiger partial charge in [0.2, 0.25) is 0 Å². The lowest BCUT2D eigenvalue weighted by Crippen LogP contribution is -2.06. The van der Waals surface area contributed by atoms with Gasteiger partial charge in [-0.15, -0.1) is 0 Å². The summed E-state index contributed by atoms with van der Waals surface area (Å²) in [5.41, 5.74) is 8.66. The minimum absolute atomic E-state index is 0.502. The van der Waals surface area contributed by atoms with Crippen molar-refractivity contribution >= 4 is 10.9 Å². The molecule has 3 rings (SSSR count). The van der Waals surface area contributed by atoms with Gasteiger partial charge in [-0.05, 0) is 47.7 Å². The summed E-state index contributed by atoms with van der Waals surface area (Å²) in [7, 11) is 0. The molecule has 4 heteroatoms. The van der Waals surface area contributed by atoms with Gasteiger partial charge in [-0.3, -0.25) is 0 Å². The van der Waals surface area contributed by atoms with Gasteiger partial charge in [0.05, 0.1) is 5.52 Å². The molecule has 0 fully saturated rings. The summed E-state index contributed by atoms with van der Waals surface area (Å²) in [4.78, 5) is 0. The Morgan fingerprint density at radius 2 is 1.86 bits per heavy atom. The Labute approximate surface area is 121 Å². The van der Waals surface area contributed by atoms with Gasteiger partial charge in [-0.25, -0.2) is 8.78 Å². The molecule has 0 saturated carbocycles. The topological polar surface area (TPSA) is 30.9 Å². The lowest BCUT2D eigenvalue weighted by Gasteiger charge is -2.10. The standard InChI is InChI=1S/C17H16F2N2/c18-15-5-4-12(10-16(15)19)11-21-9-7-14-3-1-2-13(6-8-20)17(14)21/h1-5,7,9-10H,6,8,11,20H2. The van der Waals surface area contributed by atoms with E-state index < -0.39 is 11.6 Å². The number of aromatic nitrogens is 1. The van der Waals surface area contributed by atoms with Gasteiger partial charge in [-0.2, -0.15) is 0 Å². The highest BCUT2D eigenvalue weighted by atomic mass is 19.2. The van der Waals surface area contributed by atoms with Gasteiger partial charge < -0.3 is 10.3 Å². The lowest BCUT2D eigenvalue weighted by atomic mass is 10.1. The van der Waals surface area contributed by atoms with Crippen molar-refractivity contribution in [3.05, 3.63) is 71.4 Å². The van der Waals surface area contributed by atoms with E-state index in [1.807, 2.05) is 29.0 Å². The highest BCUT2D eigenvalue weighted by Gasteiger charge is 2.08. The van der Waals surface area contributed by atoms with Crippen molar-refractivity contribution < 1.29 is 8.78 Å². The van der Waals surface area contributed by atoms with Crippen molar-refractivity contribution in [3.63, 3.8) is 0 Å². The van der Waals surface area contributed by atoms with Crippen molar-refractivity contribution in [1.82, 2.24) is 4.57 Å². The molecule has 0 aliphatic carbocycles. The quantitative estimate of drug-likeness (QED) is 0.782. The molecule has 2 nitrogen and oxygen atoms in total. The number of hydrogen-bond acceptors (Lipinski definition) is 1. The largest absolute Gasteiger partial charge is 0.343 e. The summed E-state index contributed by atoms with van der Waals surface area (Å²) < 4.78 is 28.4. The summed E-state index contributed by atoms with van der Waals surface area (Å²) in [6.45, 7) is 1.08. The van der Waals surface area contributed by atoms with Crippen LogP contribution in [0.3, 0.4) is 0 Å². The lowest BCUT2D eigenvalue weighted by molar-refractivity contribution is 0.506. The molecule has 2 N–H and O–H groups in total. The number of para-hydroxylation sites is 1. The number of fused-ring (bicyclic) bond motifs is 1. The van der Waals surface area contributed by atoms with E-state index in [0.29, 0.717) is 13.1 Å². The second kappa shape index (κ2) is 5.66. The zero-order chi connectivity index (χ0) is 14.8. The highest BCUT2D eigenvalue weighted by Crippen LogP contribution is 2.22. The Bertz CT molecular complexity index is 778. The molecule has 0 aliphatic heterocycles. The Morgan fingerprint density at radius 3 is 2.62 bits per heavy atom. The van der Waals surface area contributed by atoms with E-state index >= 15 is 0 Å². The van der Waals surface area contributed by atoms with Crippen LogP contribution in [0.15, 0.2) is 48.7 Å². The zero-order valence-electron chi connectivity index (χ0n) is 11.5. The van der Waals surface area contributed by atoms with Crippen molar-refractivity contribution in [2.24, 2.45) is 5.73 Å². The van der Waals surface area contributed by atoms with E-state index in [1.165, 1.54) is 11.6 Å². The maximum atomic E-state index is 13.3. The van der Waals surface area contributed by atoms with E-state index in [-0.39, 0.29) is 0 Å². The van der Waals surface area contributed by atoms with Gasteiger partial charge in [-0.1, -0.05) is 24.3 Å². The average molecular weight is 286 g/mol. The third-order valence-corrected chi connectivity index (χ3v) is 3.62. The molecule has 0 amide bonds. The summed E-state index contributed by atoms with van der Waals surface area (Å²) in [5.74, 6) is -1.63. The van der Waals surface area contributed by atoms with Gasteiger partial charge in [0.1, 0.15) is 0 Å². The fourth-order valence-electron chi connectivity index (χ4n) is 2.66. The van der Waals surface area contributed by atoms with Crippen molar-refractivity contribution in [1.29, 1.82) is 0 Å².